The van der Waals surface area contributed by atoms with E-state index in [9.17, 15) is 9.18 Å². The van der Waals surface area contributed by atoms with Crippen LogP contribution in [-0.4, -0.2) is 45.8 Å². The van der Waals surface area contributed by atoms with Crippen LogP contribution in [0.5, 0.6) is 0 Å². The zero-order valence-electron chi connectivity index (χ0n) is 14.4. The molecule has 2 heterocycles. The molecule has 0 radical (unpaired) electrons. The van der Waals surface area contributed by atoms with Crippen LogP contribution < -0.4 is 0 Å². The fourth-order valence-electron chi connectivity index (χ4n) is 3.07. The van der Waals surface area contributed by atoms with E-state index in [2.05, 4.69) is 10.1 Å². The quantitative estimate of drug-likeness (QED) is 0.806. The average molecular weight is 346 g/mol. The molecule has 0 atom stereocenters. The molecule has 1 aromatic carbocycles. The number of hydrogen-bond donors (Lipinski definition) is 0. The third kappa shape index (κ3) is 4.42. The Hall–Kier alpha value is -2.28. The number of carbonyl (C=O) groups excluding carboxylic acids is 1. The van der Waals surface area contributed by atoms with Gasteiger partial charge in [-0.2, -0.15) is 0 Å². The highest BCUT2D eigenvalue weighted by Gasteiger charge is 2.18. The molecule has 0 saturated carbocycles. The molecule has 0 spiro atoms. The molecule has 1 aliphatic rings. The summed E-state index contributed by atoms with van der Waals surface area (Å²) in [6.45, 7) is 1.68. The molecule has 1 fully saturated rings. The third-order valence-electron chi connectivity index (χ3n) is 4.32. The molecule has 1 amide bonds. The maximum atomic E-state index is 13.6. The highest BCUT2D eigenvalue weighted by atomic mass is 19.1. The van der Waals surface area contributed by atoms with Crippen molar-refractivity contribution >= 4 is 5.91 Å². The lowest BCUT2D eigenvalue weighted by molar-refractivity contribution is -0.130. The number of hydrogen-bond acceptors (Lipinski definition) is 4. The highest BCUT2D eigenvalue weighted by Crippen LogP contribution is 2.15. The van der Waals surface area contributed by atoms with Gasteiger partial charge in [0.25, 0.3) is 0 Å². The number of amides is 1. The summed E-state index contributed by atoms with van der Waals surface area (Å²) in [5.74, 6) is 1.13. The number of aromatic nitrogens is 3. The predicted octanol–water partition coefficient (Wildman–Crippen LogP) is 2.50. The van der Waals surface area contributed by atoms with Crippen molar-refractivity contribution in [3.8, 4) is 5.69 Å². The van der Waals surface area contributed by atoms with Crippen molar-refractivity contribution in [2.24, 2.45) is 0 Å². The summed E-state index contributed by atoms with van der Waals surface area (Å²) in [7, 11) is 1.58. The average Bonchev–Trinajstić information content (AvgIpc) is 2.88. The van der Waals surface area contributed by atoms with Crippen molar-refractivity contribution in [1.29, 1.82) is 0 Å². The molecular weight excluding hydrogens is 323 g/mol. The van der Waals surface area contributed by atoms with Crippen LogP contribution in [-0.2, 0) is 22.6 Å². The lowest BCUT2D eigenvalue weighted by Crippen LogP contribution is -2.32. The van der Waals surface area contributed by atoms with Crippen molar-refractivity contribution in [3.63, 3.8) is 0 Å². The van der Waals surface area contributed by atoms with Gasteiger partial charge in [-0.1, -0.05) is 12.5 Å². The molecule has 7 heteroatoms. The number of methoxy groups -OCH3 is 1. The van der Waals surface area contributed by atoms with Gasteiger partial charge in [-0.15, -0.1) is 5.10 Å². The second-order valence-corrected chi connectivity index (χ2v) is 6.21. The van der Waals surface area contributed by atoms with Gasteiger partial charge in [-0.25, -0.2) is 14.1 Å². The fraction of sp³-hybridized carbons (Fsp3) is 0.500. The molecule has 0 unspecified atom stereocenters. The first-order valence-electron chi connectivity index (χ1n) is 8.65. The second kappa shape index (κ2) is 8.20. The Labute approximate surface area is 146 Å². The van der Waals surface area contributed by atoms with Gasteiger partial charge in [-0.3, -0.25) is 4.79 Å². The van der Waals surface area contributed by atoms with E-state index in [1.165, 1.54) is 12.1 Å². The molecule has 0 N–H and O–H groups in total. The summed E-state index contributed by atoms with van der Waals surface area (Å²) < 4.78 is 20.3. The van der Waals surface area contributed by atoms with E-state index in [1.807, 2.05) is 4.90 Å². The first-order chi connectivity index (χ1) is 12.2. The number of rotatable bonds is 6. The normalized spacial score (nSPS) is 15.4. The van der Waals surface area contributed by atoms with Gasteiger partial charge >= 0.3 is 0 Å². The highest BCUT2D eigenvalue weighted by molar-refractivity contribution is 5.76. The molecule has 2 aromatic rings. The van der Waals surface area contributed by atoms with Crippen LogP contribution in [0.15, 0.2) is 24.3 Å². The summed E-state index contributed by atoms with van der Waals surface area (Å²) >= 11 is 0. The van der Waals surface area contributed by atoms with Gasteiger partial charge < -0.3 is 9.64 Å². The largest absolute Gasteiger partial charge is 0.377 e. The second-order valence-electron chi connectivity index (χ2n) is 6.21. The minimum atomic E-state index is -0.324. The summed E-state index contributed by atoms with van der Waals surface area (Å²) in [5.41, 5.74) is 0.618. The van der Waals surface area contributed by atoms with E-state index in [-0.39, 0.29) is 18.3 Å². The van der Waals surface area contributed by atoms with Crippen LogP contribution in [0.3, 0.4) is 0 Å². The first-order valence-corrected chi connectivity index (χ1v) is 8.65. The number of halogens is 1. The number of nitrogens with zero attached hydrogens (tertiary/aromatic N) is 4. The van der Waals surface area contributed by atoms with Crippen LogP contribution in [0.2, 0.25) is 0 Å². The van der Waals surface area contributed by atoms with Crippen molar-refractivity contribution in [1.82, 2.24) is 19.7 Å². The molecular formula is C18H23FN4O2. The Morgan fingerprint density at radius 2 is 2.16 bits per heavy atom. The Bertz CT molecular complexity index is 732. The third-order valence-corrected chi connectivity index (χ3v) is 4.32. The van der Waals surface area contributed by atoms with E-state index < -0.39 is 0 Å². The minimum absolute atomic E-state index is 0.200. The predicted molar refractivity (Wildman–Crippen MR) is 90.8 cm³/mol. The molecule has 25 heavy (non-hydrogen) atoms. The van der Waals surface area contributed by atoms with Gasteiger partial charge in [0.1, 0.15) is 18.2 Å². The molecule has 134 valence electrons. The Kier molecular flexibility index (Phi) is 5.75. The van der Waals surface area contributed by atoms with Crippen molar-refractivity contribution in [3.05, 3.63) is 41.7 Å². The van der Waals surface area contributed by atoms with Crippen LogP contribution in [0.25, 0.3) is 5.69 Å². The monoisotopic (exact) mass is 346 g/mol. The maximum Gasteiger partial charge on any atom is 0.222 e. The van der Waals surface area contributed by atoms with Crippen molar-refractivity contribution in [2.75, 3.05) is 20.2 Å². The van der Waals surface area contributed by atoms with Gasteiger partial charge in [0.2, 0.25) is 5.91 Å². The number of carbonyl (C=O) groups is 1. The molecule has 0 aliphatic carbocycles. The Balaban J connectivity index is 1.80. The van der Waals surface area contributed by atoms with E-state index in [1.54, 1.807) is 23.9 Å². The first kappa shape index (κ1) is 17.5. The summed E-state index contributed by atoms with van der Waals surface area (Å²) in [5, 5.41) is 4.42. The van der Waals surface area contributed by atoms with Crippen LogP contribution >= 0.6 is 0 Å². The topological polar surface area (TPSA) is 60.2 Å². The van der Waals surface area contributed by atoms with E-state index in [0.717, 1.165) is 25.8 Å². The Morgan fingerprint density at radius 3 is 2.96 bits per heavy atom. The standard InChI is InChI=1S/C18H23FN4O2/c1-25-13-16-20-17(9-11-22-10-4-2-3-8-18(22)24)23(21-16)15-7-5-6-14(19)12-15/h5-7,12H,2-4,8-11,13H2,1H3. The van der Waals surface area contributed by atoms with Gasteiger partial charge in [-0.05, 0) is 31.0 Å². The minimum Gasteiger partial charge on any atom is -0.377 e. The summed E-state index contributed by atoms with van der Waals surface area (Å²) in [6, 6.07) is 6.25. The lowest BCUT2D eigenvalue weighted by atomic mass is 10.2. The van der Waals surface area contributed by atoms with E-state index in [0.29, 0.717) is 36.7 Å². The fourth-order valence-corrected chi connectivity index (χ4v) is 3.07. The zero-order chi connectivity index (χ0) is 17.6. The lowest BCUT2D eigenvalue weighted by Gasteiger charge is -2.20. The molecule has 1 aromatic heterocycles. The van der Waals surface area contributed by atoms with Gasteiger partial charge in [0, 0.05) is 33.0 Å². The molecule has 3 rings (SSSR count). The van der Waals surface area contributed by atoms with E-state index >= 15 is 0 Å². The van der Waals surface area contributed by atoms with Crippen molar-refractivity contribution < 1.29 is 13.9 Å². The van der Waals surface area contributed by atoms with Crippen LogP contribution in [0.1, 0.15) is 37.3 Å². The Morgan fingerprint density at radius 1 is 1.28 bits per heavy atom. The maximum absolute atomic E-state index is 13.6. The van der Waals surface area contributed by atoms with Crippen molar-refractivity contribution in [2.45, 2.75) is 38.7 Å². The van der Waals surface area contributed by atoms with E-state index in [4.69, 9.17) is 4.74 Å². The zero-order valence-corrected chi connectivity index (χ0v) is 14.4. The van der Waals surface area contributed by atoms with Gasteiger partial charge in [0.05, 0.1) is 5.69 Å². The molecule has 6 nitrogen and oxygen atoms in total. The SMILES string of the molecule is COCc1nc(CCN2CCCCCC2=O)n(-c2cccc(F)c2)n1. The van der Waals surface area contributed by atoms with Crippen LogP contribution in [0, 0.1) is 5.82 Å². The smallest absolute Gasteiger partial charge is 0.222 e. The van der Waals surface area contributed by atoms with Gasteiger partial charge in [0.15, 0.2) is 5.82 Å². The van der Waals surface area contributed by atoms with Crippen LogP contribution in [0.4, 0.5) is 4.39 Å². The molecule has 1 saturated heterocycles. The summed E-state index contributed by atoms with van der Waals surface area (Å²) in [4.78, 5) is 18.6. The number of benzene rings is 1. The number of ether oxygens (including phenoxy) is 1. The summed E-state index contributed by atoms with van der Waals surface area (Å²) in [6.07, 6.45) is 4.29. The number of likely N-dealkylation sites (tertiary alicyclic amines) is 1. The molecule has 1 aliphatic heterocycles. The molecule has 0 bridgehead atoms.